The van der Waals surface area contributed by atoms with Crippen molar-refractivity contribution in [2.75, 3.05) is 0 Å². The molecule has 0 aliphatic heterocycles. The Morgan fingerprint density at radius 2 is 2.20 bits per heavy atom. The fraction of sp³-hybridized carbons (Fsp3) is 0.300. The molecule has 0 bridgehead atoms. The second kappa shape index (κ2) is 5.31. The molecule has 10 heteroatoms. The van der Waals surface area contributed by atoms with E-state index < -0.39 is 22.0 Å². The number of hydrogen-bond donors (Lipinski definition) is 2. The van der Waals surface area contributed by atoms with Crippen LogP contribution in [0, 0.1) is 0 Å². The Hall–Kier alpha value is -1.78. The number of nitrogens with zero attached hydrogens (tertiary/aromatic N) is 3. The number of thiophene rings is 1. The van der Waals surface area contributed by atoms with Gasteiger partial charge in [-0.15, -0.1) is 21.5 Å². The lowest BCUT2D eigenvalue weighted by Crippen LogP contribution is -2.28. The quantitative estimate of drug-likeness (QED) is 0.835. The van der Waals surface area contributed by atoms with E-state index in [9.17, 15) is 13.2 Å². The zero-order chi connectivity index (χ0) is 14.9. The molecule has 1 unspecified atom stereocenters. The minimum Gasteiger partial charge on any atom is -0.477 e. The first-order valence-corrected chi connectivity index (χ1v) is 7.80. The Balaban J connectivity index is 2.22. The van der Waals surface area contributed by atoms with Crippen LogP contribution < -0.4 is 4.72 Å². The van der Waals surface area contributed by atoms with Gasteiger partial charge in [-0.05, 0) is 19.1 Å². The predicted octanol–water partition coefficient (Wildman–Crippen LogP) is 0.614. The van der Waals surface area contributed by atoms with E-state index in [-0.39, 0.29) is 9.09 Å². The molecule has 0 radical (unpaired) electrons. The lowest BCUT2D eigenvalue weighted by atomic mass is 10.3. The van der Waals surface area contributed by atoms with Gasteiger partial charge in [0.25, 0.3) is 10.0 Å². The van der Waals surface area contributed by atoms with Crippen molar-refractivity contribution in [1.29, 1.82) is 0 Å². The standard InChI is InChI=1S/C10H12N4O4S2/c1-6(9-12-11-5-14(9)2)13-20(17,18)8-4-3-7(19-8)10(15)16/h3-6,13H,1-2H3,(H,15,16). The third-order valence-corrected chi connectivity index (χ3v) is 5.63. The molecule has 0 aromatic carbocycles. The van der Waals surface area contributed by atoms with Gasteiger partial charge in [-0.2, -0.15) is 0 Å². The van der Waals surface area contributed by atoms with E-state index in [1.165, 1.54) is 18.5 Å². The maximum absolute atomic E-state index is 12.1. The van der Waals surface area contributed by atoms with Crippen LogP contribution in [0.4, 0.5) is 0 Å². The number of carboxylic acid groups (broad SMARTS) is 1. The van der Waals surface area contributed by atoms with Crippen LogP contribution in [0.5, 0.6) is 0 Å². The number of carbonyl (C=O) groups is 1. The normalized spacial score (nSPS) is 13.3. The van der Waals surface area contributed by atoms with Crippen molar-refractivity contribution in [3.63, 3.8) is 0 Å². The van der Waals surface area contributed by atoms with Crippen LogP contribution in [0.2, 0.25) is 0 Å². The van der Waals surface area contributed by atoms with E-state index in [0.717, 1.165) is 0 Å². The molecule has 0 aliphatic rings. The van der Waals surface area contributed by atoms with Gasteiger partial charge in [-0.25, -0.2) is 17.9 Å². The second-order valence-electron chi connectivity index (χ2n) is 4.07. The van der Waals surface area contributed by atoms with Crippen molar-refractivity contribution in [3.05, 3.63) is 29.2 Å². The highest BCUT2D eigenvalue weighted by Crippen LogP contribution is 2.23. The van der Waals surface area contributed by atoms with Gasteiger partial charge in [0.1, 0.15) is 21.2 Å². The monoisotopic (exact) mass is 316 g/mol. The molecular formula is C10H12N4O4S2. The fourth-order valence-corrected chi connectivity index (χ4v) is 3.97. The van der Waals surface area contributed by atoms with Gasteiger partial charge in [0.15, 0.2) is 0 Å². The van der Waals surface area contributed by atoms with Crippen molar-refractivity contribution in [1.82, 2.24) is 19.5 Å². The Morgan fingerprint density at radius 3 is 2.70 bits per heavy atom. The summed E-state index contributed by atoms with van der Waals surface area (Å²) < 4.78 is 28.3. The molecule has 2 aromatic heterocycles. The Labute approximate surface area is 119 Å². The van der Waals surface area contributed by atoms with Gasteiger partial charge in [-0.3, -0.25) is 0 Å². The molecular weight excluding hydrogens is 304 g/mol. The molecule has 2 N–H and O–H groups in total. The van der Waals surface area contributed by atoms with Crippen LogP contribution in [-0.4, -0.2) is 34.3 Å². The zero-order valence-corrected chi connectivity index (χ0v) is 12.3. The molecule has 0 fully saturated rings. The summed E-state index contributed by atoms with van der Waals surface area (Å²) in [7, 11) is -2.09. The lowest BCUT2D eigenvalue weighted by Gasteiger charge is -2.12. The molecule has 8 nitrogen and oxygen atoms in total. The van der Waals surface area contributed by atoms with Crippen molar-refractivity contribution < 1.29 is 18.3 Å². The first-order chi connectivity index (χ1) is 9.31. The number of hydrogen-bond acceptors (Lipinski definition) is 6. The number of nitrogens with one attached hydrogen (secondary N) is 1. The summed E-state index contributed by atoms with van der Waals surface area (Å²) in [6.45, 7) is 1.63. The molecule has 108 valence electrons. The molecule has 0 aliphatic carbocycles. The van der Waals surface area contributed by atoms with Crippen molar-refractivity contribution in [2.45, 2.75) is 17.2 Å². The highest BCUT2D eigenvalue weighted by Gasteiger charge is 2.23. The molecule has 2 aromatic rings. The van der Waals surface area contributed by atoms with Crippen LogP contribution in [0.3, 0.4) is 0 Å². The maximum Gasteiger partial charge on any atom is 0.345 e. The summed E-state index contributed by atoms with van der Waals surface area (Å²) in [6.07, 6.45) is 1.47. The Kier molecular flexibility index (Phi) is 3.88. The van der Waals surface area contributed by atoms with Crippen LogP contribution in [0.1, 0.15) is 28.5 Å². The summed E-state index contributed by atoms with van der Waals surface area (Å²) >= 11 is 0.699. The third-order valence-electron chi connectivity index (χ3n) is 2.52. The minimum absolute atomic E-state index is 0.0308. The molecule has 0 amide bonds. The summed E-state index contributed by atoms with van der Waals surface area (Å²) in [5.74, 6) is -0.693. The number of carboxylic acids is 1. The second-order valence-corrected chi connectivity index (χ2v) is 7.09. The minimum atomic E-state index is -3.79. The Bertz CT molecular complexity index is 734. The van der Waals surface area contributed by atoms with Gasteiger partial charge in [0.05, 0.1) is 6.04 Å². The van der Waals surface area contributed by atoms with Gasteiger partial charge in [-0.1, -0.05) is 0 Å². The van der Waals surface area contributed by atoms with Gasteiger partial charge < -0.3 is 9.67 Å². The van der Waals surface area contributed by atoms with E-state index in [0.29, 0.717) is 17.2 Å². The topological polar surface area (TPSA) is 114 Å². The Morgan fingerprint density at radius 1 is 1.50 bits per heavy atom. The predicted molar refractivity (Wildman–Crippen MR) is 71.0 cm³/mol. The molecule has 20 heavy (non-hydrogen) atoms. The van der Waals surface area contributed by atoms with Gasteiger partial charge >= 0.3 is 5.97 Å². The highest BCUT2D eigenvalue weighted by molar-refractivity contribution is 7.91. The molecule has 0 saturated heterocycles. The van der Waals surface area contributed by atoms with Gasteiger partial charge in [0.2, 0.25) is 0 Å². The number of aryl methyl sites for hydroxylation is 1. The zero-order valence-electron chi connectivity index (χ0n) is 10.6. The van der Waals surface area contributed by atoms with E-state index in [2.05, 4.69) is 14.9 Å². The van der Waals surface area contributed by atoms with Gasteiger partial charge in [0, 0.05) is 7.05 Å². The first-order valence-electron chi connectivity index (χ1n) is 5.50. The molecule has 2 heterocycles. The SMILES string of the molecule is CC(NS(=O)(=O)c1ccc(C(=O)O)s1)c1nncn1C. The van der Waals surface area contributed by atoms with E-state index >= 15 is 0 Å². The summed E-state index contributed by atoms with van der Waals surface area (Å²) in [4.78, 5) is 10.7. The largest absolute Gasteiger partial charge is 0.477 e. The fourth-order valence-electron chi connectivity index (χ4n) is 1.61. The van der Waals surface area contributed by atoms with Crippen LogP contribution in [0.25, 0.3) is 0 Å². The average Bonchev–Trinajstić information content (AvgIpc) is 2.96. The van der Waals surface area contributed by atoms with Crippen LogP contribution >= 0.6 is 11.3 Å². The number of rotatable bonds is 5. The molecule has 2 rings (SSSR count). The number of aromatic carboxylic acids is 1. The smallest absolute Gasteiger partial charge is 0.345 e. The van der Waals surface area contributed by atoms with E-state index in [1.807, 2.05) is 0 Å². The van der Waals surface area contributed by atoms with Crippen molar-refractivity contribution >= 4 is 27.3 Å². The summed E-state index contributed by atoms with van der Waals surface area (Å²) in [5.41, 5.74) is 0. The summed E-state index contributed by atoms with van der Waals surface area (Å²) in [6, 6.07) is 1.94. The van der Waals surface area contributed by atoms with E-state index in [4.69, 9.17) is 5.11 Å². The average molecular weight is 316 g/mol. The van der Waals surface area contributed by atoms with Crippen LogP contribution in [-0.2, 0) is 17.1 Å². The lowest BCUT2D eigenvalue weighted by molar-refractivity contribution is 0.0702. The van der Waals surface area contributed by atoms with Crippen LogP contribution in [0.15, 0.2) is 22.7 Å². The number of aromatic nitrogens is 3. The molecule has 1 atom stereocenters. The summed E-state index contributed by atoms with van der Waals surface area (Å²) in [5, 5.41) is 16.3. The first kappa shape index (κ1) is 14.6. The third kappa shape index (κ3) is 2.86. The van der Waals surface area contributed by atoms with Crippen molar-refractivity contribution in [3.8, 4) is 0 Å². The highest BCUT2D eigenvalue weighted by atomic mass is 32.2. The maximum atomic E-state index is 12.1. The molecule has 0 saturated carbocycles. The molecule has 0 spiro atoms. The van der Waals surface area contributed by atoms with E-state index in [1.54, 1.807) is 18.5 Å². The number of sulfonamides is 1. The van der Waals surface area contributed by atoms with Crippen molar-refractivity contribution in [2.24, 2.45) is 7.05 Å².